The zero-order chi connectivity index (χ0) is 16.8. The Bertz CT molecular complexity index is 811. The van der Waals surface area contributed by atoms with E-state index < -0.39 is 0 Å². The first-order valence-electron chi connectivity index (χ1n) is 8.49. The Labute approximate surface area is 147 Å². The van der Waals surface area contributed by atoms with Gasteiger partial charge < -0.3 is 0 Å². The van der Waals surface area contributed by atoms with E-state index >= 15 is 0 Å². The van der Waals surface area contributed by atoms with E-state index in [0.29, 0.717) is 0 Å². The minimum atomic E-state index is 0.785. The van der Waals surface area contributed by atoms with E-state index in [-0.39, 0.29) is 0 Å². The van der Waals surface area contributed by atoms with Gasteiger partial charge in [-0.1, -0.05) is 43.7 Å². The molecule has 5 heteroatoms. The third-order valence-corrected chi connectivity index (χ3v) is 4.97. The number of nitrogens with zero attached hydrogens (tertiary/aromatic N) is 4. The predicted octanol–water partition coefficient (Wildman–Crippen LogP) is 5.51. The first-order valence-corrected chi connectivity index (χ1v) is 9.30. The van der Waals surface area contributed by atoms with Gasteiger partial charge in [-0.05, 0) is 48.9 Å². The number of thiazole rings is 1. The number of aryl methyl sites for hydroxylation is 1. The van der Waals surface area contributed by atoms with Gasteiger partial charge >= 0.3 is 5.13 Å². The van der Waals surface area contributed by atoms with Crippen molar-refractivity contribution in [2.75, 3.05) is 11.6 Å². The molecule has 0 fully saturated rings. The standard InChI is InChI=1S/C19H23N4S/c1-3-5-15-22-17-13-9-10-14-18(17)24-19(22)20-21-23(4-2)16-11-7-6-8-12-16/h6-14H,3-5,15H2,1-2H3/q+1. The average molecular weight is 339 g/mol. The molecule has 0 radical (unpaired) electrons. The van der Waals surface area contributed by atoms with E-state index in [1.807, 2.05) is 23.2 Å². The van der Waals surface area contributed by atoms with Gasteiger partial charge in [0.05, 0.1) is 22.2 Å². The Morgan fingerprint density at radius 3 is 2.50 bits per heavy atom. The van der Waals surface area contributed by atoms with Crippen LogP contribution in [0.5, 0.6) is 0 Å². The lowest BCUT2D eigenvalue weighted by atomic mass is 10.3. The molecule has 24 heavy (non-hydrogen) atoms. The summed E-state index contributed by atoms with van der Waals surface area (Å²) in [7, 11) is 0. The van der Waals surface area contributed by atoms with Crippen molar-refractivity contribution in [3.05, 3.63) is 54.6 Å². The lowest BCUT2D eigenvalue weighted by Gasteiger charge is -2.11. The SMILES string of the molecule is CCCC[n+]1c(/N=N/N(CC)c2ccccc2)sc2ccccc21. The highest BCUT2D eigenvalue weighted by atomic mass is 32.1. The Morgan fingerprint density at radius 1 is 1.00 bits per heavy atom. The topological polar surface area (TPSA) is 31.8 Å². The minimum absolute atomic E-state index is 0.785. The first-order chi connectivity index (χ1) is 11.8. The fourth-order valence-electron chi connectivity index (χ4n) is 2.62. The molecule has 0 N–H and O–H groups in total. The number of rotatable bonds is 7. The van der Waals surface area contributed by atoms with Crippen molar-refractivity contribution >= 4 is 32.4 Å². The molecule has 0 saturated heterocycles. The van der Waals surface area contributed by atoms with Crippen molar-refractivity contribution in [3.8, 4) is 0 Å². The maximum Gasteiger partial charge on any atom is 0.411 e. The molecule has 3 rings (SSSR count). The van der Waals surface area contributed by atoms with Gasteiger partial charge in [-0.15, -0.1) is 0 Å². The van der Waals surface area contributed by atoms with Gasteiger partial charge in [-0.25, -0.2) is 9.58 Å². The summed E-state index contributed by atoms with van der Waals surface area (Å²) in [5, 5.41) is 12.0. The van der Waals surface area contributed by atoms with Crippen LogP contribution in [0.2, 0.25) is 0 Å². The fourth-order valence-corrected chi connectivity index (χ4v) is 3.62. The smallest absolute Gasteiger partial charge is 0.227 e. The number of hydrogen-bond acceptors (Lipinski definition) is 3. The van der Waals surface area contributed by atoms with Crippen LogP contribution >= 0.6 is 11.3 Å². The molecular formula is C19H23N4S+. The number of unbranched alkanes of at least 4 members (excludes halogenated alkanes) is 1. The van der Waals surface area contributed by atoms with Crippen LogP contribution in [-0.2, 0) is 6.54 Å². The van der Waals surface area contributed by atoms with Crippen molar-refractivity contribution in [2.24, 2.45) is 10.3 Å². The molecule has 0 atom stereocenters. The number of aromatic nitrogens is 1. The lowest BCUT2D eigenvalue weighted by molar-refractivity contribution is -0.655. The van der Waals surface area contributed by atoms with Gasteiger partial charge in [-0.2, -0.15) is 0 Å². The Morgan fingerprint density at radius 2 is 1.75 bits per heavy atom. The highest BCUT2D eigenvalue weighted by Gasteiger charge is 2.19. The molecule has 4 nitrogen and oxygen atoms in total. The van der Waals surface area contributed by atoms with Gasteiger partial charge in [0, 0.05) is 6.54 Å². The summed E-state index contributed by atoms with van der Waals surface area (Å²) < 4.78 is 3.54. The quantitative estimate of drug-likeness (QED) is 0.317. The van der Waals surface area contributed by atoms with Crippen molar-refractivity contribution in [1.29, 1.82) is 0 Å². The normalized spacial score (nSPS) is 11.4. The van der Waals surface area contributed by atoms with Crippen LogP contribution in [-0.4, -0.2) is 6.54 Å². The minimum Gasteiger partial charge on any atom is -0.227 e. The number of fused-ring (bicyclic) bond motifs is 1. The molecule has 0 spiro atoms. The molecule has 0 aliphatic carbocycles. The summed E-state index contributed by atoms with van der Waals surface area (Å²) in [6, 6.07) is 18.6. The molecule has 1 aromatic heterocycles. The van der Waals surface area contributed by atoms with Crippen LogP contribution in [0.25, 0.3) is 10.2 Å². The first kappa shape index (κ1) is 16.6. The van der Waals surface area contributed by atoms with Gasteiger partial charge in [0.2, 0.25) is 0 Å². The summed E-state index contributed by atoms with van der Waals surface area (Å²) in [4.78, 5) is 0. The molecule has 0 saturated carbocycles. The maximum absolute atomic E-state index is 4.58. The van der Waals surface area contributed by atoms with Crippen LogP contribution < -0.4 is 9.58 Å². The van der Waals surface area contributed by atoms with E-state index in [1.54, 1.807) is 11.3 Å². The second-order valence-electron chi connectivity index (χ2n) is 5.60. The largest absolute Gasteiger partial charge is 0.411 e. The molecule has 0 aliphatic heterocycles. The van der Waals surface area contributed by atoms with Gasteiger partial charge in [0.25, 0.3) is 0 Å². The van der Waals surface area contributed by atoms with Crippen LogP contribution in [0.1, 0.15) is 26.7 Å². The molecule has 124 valence electrons. The summed E-state index contributed by atoms with van der Waals surface area (Å²) in [6.07, 6.45) is 2.31. The molecule has 0 amide bonds. The Kier molecular flexibility index (Phi) is 5.54. The molecule has 0 aliphatic rings. The summed E-state index contributed by atoms with van der Waals surface area (Å²) in [6.45, 7) is 6.06. The van der Waals surface area contributed by atoms with Gasteiger partial charge in [0.15, 0.2) is 0 Å². The molecule has 1 heterocycles. The van der Waals surface area contributed by atoms with E-state index in [1.165, 1.54) is 16.6 Å². The molecule has 0 bridgehead atoms. The fraction of sp³-hybridized carbons (Fsp3) is 0.316. The second-order valence-corrected chi connectivity index (χ2v) is 6.61. The van der Waals surface area contributed by atoms with Crippen molar-refractivity contribution < 1.29 is 4.57 Å². The second kappa shape index (κ2) is 8.02. The Hall–Kier alpha value is -2.27. The van der Waals surface area contributed by atoms with Gasteiger partial charge in [0.1, 0.15) is 10.6 Å². The average Bonchev–Trinajstić information content (AvgIpc) is 2.99. The molecular weight excluding hydrogens is 316 g/mol. The van der Waals surface area contributed by atoms with E-state index in [4.69, 9.17) is 0 Å². The van der Waals surface area contributed by atoms with Crippen LogP contribution in [0.4, 0.5) is 10.8 Å². The predicted molar refractivity (Wildman–Crippen MR) is 101 cm³/mol. The van der Waals surface area contributed by atoms with E-state index in [0.717, 1.165) is 30.3 Å². The number of anilines is 1. The highest BCUT2D eigenvalue weighted by Crippen LogP contribution is 2.27. The highest BCUT2D eigenvalue weighted by molar-refractivity contribution is 7.21. The molecule has 3 aromatic rings. The Balaban J connectivity index is 1.93. The summed E-state index contributed by atoms with van der Waals surface area (Å²) in [5.41, 5.74) is 2.30. The number of benzene rings is 2. The van der Waals surface area contributed by atoms with Crippen molar-refractivity contribution in [2.45, 2.75) is 33.2 Å². The third kappa shape index (κ3) is 3.62. The lowest BCUT2D eigenvalue weighted by Crippen LogP contribution is -2.32. The summed E-state index contributed by atoms with van der Waals surface area (Å²) in [5.74, 6) is 0. The number of hydrogen-bond donors (Lipinski definition) is 0. The molecule has 0 unspecified atom stereocenters. The van der Waals surface area contributed by atoms with Crippen molar-refractivity contribution in [3.63, 3.8) is 0 Å². The molecule has 2 aromatic carbocycles. The zero-order valence-corrected chi connectivity index (χ0v) is 15.0. The summed E-state index contributed by atoms with van der Waals surface area (Å²) >= 11 is 1.70. The van der Waals surface area contributed by atoms with E-state index in [2.05, 4.69) is 65.2 Å². The monoisotopic (exact) mass is 339 g/mol. The van der Waals surface area contributed by atoms with E-state index in [9.17, 15) is 0 Å². The third-order valence-electron chi connectivity index (χ3n) is 3.92. The zero-order valence-electron chi connectivity index (χ0n) is 14.2. The van der Waals surface area contributed by atoms with Gasteiger partial charge in [-0.3, -0.25) is 0 Å². The van der Waals surface area contributed by atoms with Crippen LogP contribution in [0.3, 0.4) is 0 Å². The van der Waals surface area contributed by atoms with Crippen LogP contribution in [0.15, 0.2) is 64.9 Å². The maximum atomic E-state index is 4.58. The number of para-hydroxylation sites is 2. The van der Waals surface area contributed by atoms with Crippen LogP contribution in [0, 0.1) is 0 Å². The van der Waals surface area contributed by atoms with Crippen molar-refractivity contribution in [1.82, 2.24) is 0 Å².